The van der Waals surface area contributed by atoms with Crippen LogP contribution in [0.5, 0.6) is 0 Å². The van der Waals surface area contributed by atoms with Gasteiger partial charge in [0.2, 0.25) is 15.9 Å². The number of rotatable bonds is 5. The van der Waals surface area contributed by atoms with Crippen molar-refractivity contribution in [1.82, 2.24) is 4.31 Å². The average molecular weight is 393 g/mol. The average Bonchev–Trinajstić information content (AvgIpc) is 3.07. The second-order valence-corrected chi connectivity index (χ2v) is 9.47. The molecule has 26 heavy (non-hydrogen) atoms. The third-order valence-corrected chi connectivity index (χ3v) is 7.65. The Labute approximate surface area is 159 Å². The molecule has 140 valence electrons. The number of piperidine rings is 1. The van der Waals surface area contributed by atoms with Crippen LogP contribution in [0.4, 0.5) is 5.69 Å². The molecule has 0 saturated carbocycles. The summed E-state index contributed by atoms with van der Waals surface area (Å²) in [6, 6.07) is 8.38. The molecule has 2 aromatic rings. The van der Waals surface area contributed by atoms with Crippen LogP contribution in [0.2, 0.25) is 0 Å². The van der Waals surface area contributed by atoms with Crippen LogP contribution in [-0.2, 0) is 21.2 Å². The summed E-state index contributed by atoms with van der Waals surface area (Å²) in [7, 11) is -3.52. The van der Waals surface area contributed by atoms with E-state index in [1.807, 2.05) is 30.7 Å². The van der Waals surface area contributed by atoms with Gasteiger partial charge in [-0.2, -0.15) is 15.6 Å². The number of nitrogens with zero attached hydrogens (tertiary/aromatic N) is 1. The molecule has 1 saturated heterocycles. The van der Waals surface area contributed by atoms with E-state index in [9.17, 15) is 13.2 Å². The summed E-state index contributed by atoms with van der Waals surface area (Å²) >= 11 is 1.55. The summed E-state index contributed by atoms with van der Waals surface area (Å²) in [6.45, 7) is 3.93. The number of anilines is 1. The van der Waals surface area contributed by atoms with Gasteiger partial charge in [0.15, 0.2) is 0 Å². The van der Waals surface area contributed by atoms with Crippen LogP contribution in [0.25, 0.3) is 0 Å². The lowest BCUT2D eigenvalue weighted by Gasteiger charge is -2.37. The zero-order chi connectivity index (χ0) is 18.7. The Morgan fingerprint density at radius 2 is 1.81 bits per heavy atom. The van der Waals surface area contributed by atoms with Gasteiger partial charge in [0.25, 0.3) is 0 Å². The first-order valence-electron chi connectivity index (χ1n) is 8.82. The maximum absolute atomic E-state index is 13.0. The maximum atomic E-state index is 13.0. The molecule has 0 aliphatic carbocycles. The van der Waals surface area contributed by atoms with Gasteiger partial charge in [0.1, 0.15) is 0 Å². The lowest BCUT2D eigenvalue weighted by Crippen LogP contribution is -2.47. The summed E-state index contributed by atoms with van der Waals surface area (Å²) in [6.07, 6.45) is 3.15. The number of thiophene rings is 1. The molecule has 0 bridgehead atoms. The molecule has 5 nitrogen and oxygen atoms in total. The van der Waals surface area contributed by atoms with Crippen molar-refractivity contribution in [3.05, 3.63) is 46.7 Å². The highest BCUT2D eigenvalue weighted by Gasteiger charge is 2.35. The van der Waals surface area contributed by atoms with E-state index in [1.165, 1.54) is 0 Å². The Hall–Kier alpha value is -1.70. The van der Waals surface area contributed by atoms with E-state index < -0.39 is 10.0 Å². The minimum Gasteiger partial charge on any atom is -0.326 e. The van der Waals surface area contributed by atoms with E-state index >= 15 is 0 Å². The van der Waals surface area contributed by atoms with Crippen molar-refractivity contribution in [2.75, 3.05) is 5.32 Å². The van der Waals surface area contributed by atoms with Gasteiger partial charge < -0.3 is 5.32 Å². The summed E-state index contributed by atoms with van der Waals surface area (Å²) in [4.78, 5) is 12.3. The Morgan fingerprint density at radius 1 is 1.15 bits per heavy atom. The van der Waals surface area contributed by atoms with Gasteiger partial charge in [-0.05, 0) is 73.3 Å². The molecule has 2 heterocycles. The Morgan fingerprint density at radius 3 is 2.38 bits per heavy atom. The zero-order valence-corrected chi connectivity index (χ0v) is 16.6. The van der Waals surface area contributed by atoms with Crippen LogP contribution >= 0.6 is 11.3 Å². The SMILES string of the molecule is CC1CCCC(C)N1S(=O)(=O)c1ccc(NC(=O)Cc2ccsc2)cc1. The Kier molecular flexibility index (Phi) is 5.79. The minimum absolute atomic E-state index is 0.00809. The smallest absolute Gasteiger partial charge is 0.243 e. The molecule has 1 aromatic carbocycles. The molecule has 2 atom stereocenters. The van der Waals surface area contributed by atoms with Crippen LogP contribution in [0.3, 0.4) is 0 Å². The third kappa shape index (κ3) is 4.16. The predicted molar refractivity (Wildman–Crippen MR) is 105 cm³/mol. The lowest BCUT2D eigenvalue weighted by molar-refractivity contribution is -0.115. The van der Waals surface area contributed by atoms with Crippen LogP contribution in [0, 0.1) is 0 Å². The third-order valence-electron chi connectivity index (χ3n) is 4.77. The highest BCUT2D eigenvalue weighted by Crippen LogP contribution is 2.29. The number of benzene rings is 1. The molecule has 0 spiro atoms. The van der Waals surface area contributed by atoms with Gasteiger partial charge in [-0.3, -0.25) is 4.79 Å². The second-order valence-electron chi connectivity index (χ2n) is 6.84. The summed E-state index contributed by atoms with van der Waals surface area (Å²) in [5, 5.41) is 6.69. The van der Waals surface area contributed by atoms with Gasteiger partial charge >= 0.3 is 0 Å². The maximum Gasteiger partial charge on any atom is 0.243 e. The van der Waals surface area contributed by atoms with E-state index in [1.54, 1.807) is 39.9 Å². The monoisotopic (exact) mass is 392 g/mol. The molecule has 1 aliphatic rings. The van der Waals surface area contributed by atoms with Crippen LogP contribution in [-0.4, -0.2) is 30.7 Å². The normalized spacial score (nSPS) is 21.5. The molecule has 1 fully saturated rings. The van der Waals surface area contributed by atoms with Gasteiger partial charge in [0.05, 0.1) is 11.3 Å². The van der Waals surface area contributed by atoms with Crippen molar-refractivity contribution in [1.29, 1.82) is 0 Å². The van der Waals surface area contributed by atoms with Crippen molar-refractivity contribution in [3.8, 4) is 0 Å². The lowest BCUT2D eigenvalue weighted by atomic mass is 10.0. The van der Waals surface area contributed by atoms with Crippen LogP contribution in [0.1, 0.15) is 38.7 Å². The zero-order valence-electron chi connectivity index (χ0n) is 15.0. The molecule has 3 rings (SSSR count). The first kappa shape index (κ1) is 19.1. The van der Waals surface area contributed by atoms with E-state index in [0.29, 0.717) is 12.1 Å². The van der Waals surface area contributed by atoms with Crippen LogP contribution in [0.15, 0.2) is 46.0 Å². The quantitative estimate of drug-likeness (QED) is 0.840. The van der Waals surface area contributed by atoms with Crippen molar-refractivity contribution >= 4 is 33.0 Å². The number of amides is 1. The molecule has 1 aromatic heterocycles. The molecule has 1 aliphatic heterocycles. The standard InChI is InChI=1S/C19H24N2O3S2/c1-14-4-3-5-15(2)21(14)26(23,24)18-8-6-17(7-9-18)20-19(22)12-16-10-11-25-13-16/h6-11,13-15H,3-5,12H2,1-2H3,(H,20,22). The van der Waals surface area contributed by atoms with Crippen molar-refractivity contribution < 1.29 is 13.2 Å². The van der Waals surface area contributed by atoms with E-state index in [4.69, 9.17) is 0 Å². The number of carbonyl (C=O) groups is 1. The molecular weight excluding hydrogens is 368 g/mol. The molecule has 1 amide bonds. The van der Waals surface area contributed by atoms with Crippen LogP contribution < -0.4 is 5.32 Å². The molecule has 7 heteroatoms. The fraction of sp³-hybridized carbons (Fsp3) is 0.421. The number of hydrogen-bond donors (Lipinski definition) is 1. The van der Waals surface area contributed by atoms with E-state index in [-0.39, 0.29) is 22.9 Å². The Balaban J connectivity index is 1.71. The van der Waals surface area contributed by atoms with Gasteiger partial charge in [0, 0.05) is 17.8 Å². The molecule has 1 N–H and O–H groups in total. The number of sulfonamides is 1. The summed E-state index contributed by atoms with van der Waals surface area (Å²) in [5.74, 6) is -0.114. The number of nitrogens with one attached hydrogen (secondary N) is 1. The molecule has 0 radical (unpaired) electrons. The number of carbonyl (C=O) groups excluding carboxylic acids is 1. The predicted octanol–water partition coefficient (Wildman–Crippen LogP) is 3.88. The molecular formula is C19H24N2O3S2. The van der Waals surface area contributed by atoms with Crippen molar-refractivity contribution in [2.24, 2.45) is 0 Å². The molecule has 2 unspecified atom stereocenters. The van der Waals surface area contributed by atoms with Gasteiger partial charge in [-0.15, -0.1) is 0 Å². The summed E-state index contributed by atoms with van der Waals surface area (Å²) < 4.78 is 27.6. The van der Waals surface area contributed by atoms with Gasteiger partial charge in [-0.1, -0.05) is 6.42 Å². The highest BCUT2D eigenvalue weighted by atomic mass is 32.2. The largest absolute Gasteiger partial charge is 0.326 e. The van der Waals surface area contributed by atoms with Crippen molar-refractivity contribution in [3.63, 3.8) is 0 Å². The van der Waals surface area contributed by atoms with Crippen molar-refractivity contribution in [2.45, 2.75) is 56.5 Å². The Bertz CT molecular complexity index is 835. The first-order chi connectivity index (χ1) is 12.4. The topological polar surface area (TPSA) is 66.5 Å². The van der Waals surface area contributed by atoms with Gasteiger partial charge in [-0.25, -0.2) is 8.42 Å². The number of hydrogen-bond acceptors (Lipinski definition) is 4. The summed E-state index contributed by atoms with van der Waals surface area (Å²) in [5.41, 5.74) is 1.57. The highest BCUT2D eigenvalue weighted by molar-refractivity contribution is 7.89. The minimum atomic E-state index is -3.52. The van der Waals surface area contributed by atoms with E-state index in [2.05, 4.69) is 5.32 Å². The first-order valence-corrected chi connectivity index (χ1v) is 11.2. The fourth-order valence-corrected chi connectivity index (χ4v) is 6.04. The second kappa shape index (κ2) is 7.90. The van der Waals surface area contributed by atoms with E-state index in [0.717, 1.165) is 24.8 Å². The fourth-order valence-electron chi connectivity index (χ4n) is 3.49.